The number of nitrogens with one attached hydrogen (secondary N) is 1. The maximum absolute atomic E-state index is 12.1. The van der Waals surface area contributed by atoms with Crippen molar-refractivity contribution in [1.82, 2.24) is 9.80 Å². The van der Waals surface area contributed by atoms with E-state index in [0.717, 1.165) is 36.7 Å². The molecule has 0 unspecified atom stereocenters. The molecule has 8 heteroatoms. The summed E-state index contributed by atoms with van der Waals surface area (Å²) in [6.07, 6.45) is 0. The first-order valence-electron chi connectivity index (χ1n) is 9.30. The van der Waals surface area contributed by atoms with E-state index in [-0.39, 0.29) is 12.5 Å². The Hall–Kier alpha value is -2.35. The van der Waals surface area contributed by atoms with E-state index in [1.807, 2.05) is 12.1 Å². The van der Waals surface area contributed by atoms with Gasteiger partial charge in [-0.3, -0.25) is 4.79 Å². The molecule has 0 atom stereocenters. The zero-order valence-corrected chi connectivity index (χ0v) is 18.1. The number of likely N-dealkylation sites (N-methyl/N-ethyl adjacent to an activating group) is 1. The number of thiocarbonyl (C=S) groups is 1. The second-order valence-corrected chi connectivity index (χ2v) is 7.63. The van der Waals surface area contributed by atoms with E-state index in [0.29, 0.717) is 22.2 Å². The summed E-state index contributed by atoms with van der Waals surface area (Å²) < 4.78 is 11.1. The number of nitrogens with zero attached hydrogens (tertiary/aromatic N) is 2. The van der Waals surface area contributed by atoms with Crippen LogP contribution in [0, 0.1) is 0 Å². The summed E-state index contributed by atoms with van der Waals surface area (Å²) in [6, 6.07) is 12.4. The third kappa shape index (κ3) is 5.82. The molecule has 0 spiro atoms. The van der Waals surface area contributed by atoms with Crippen molar-refractivity contribution in [3.05, 3.63) is 53.1 Å². The van der Waals surface area contributed by atoms with Crippen molar-refractivity contribution in [2.45, 2.75) is 0 Å². The summed E-state index contributed by atoms with van der Waals surface area (Å²) in [5.41, 5.74) is 1.56. The Morgan fingerprint density at radius 2 is 1.79 bits per heavy atom. The second-order valence-electron chi connectivity index (χ2n) is 6.80. The third-order valence-corrected chi connectivity index (χ3v) is 5.43. The molecule has 0 aliphatic carbocycles. The fourth-order valence-corrected chi connectivity index (χ4v) is 3.42. The van der Waals surface area contributed by atoms with Gasteiger partial charge in [-0.1, -0.05) is 23.8 Å². The van der Waals surface area contributed by atoms with Gasteiger partial charge in [-0.15, -0.1) is 0 Å². The number of methoxy groups -OCH3 is 1. The van der Waals surface area contributed by atoms with Gasteiger partial charge in [-0.2, -0.15) is 0 Å². The summed E-state index contributed by atoms with van der Waals surface area (Å²) in [5.74, 6) is 0.758. The highest BCUT2D eigenvalue weighted by Crippen LogP contribution is 2.29. The van der Waals surface area contributed by atoms with Crippen LogP contribution in [0.4, 0.5) is 5.69 Å². The highest BCUT2D eigenvalue weighted by atomic mass is 35.5. The number of rotatable bonds is 6. The van der Waals surface area contributed by atoms with E-state index in [4.69, 9.17) is 33.3 Å². The first-order chi connectivity index (χ1) is 14.0. The first kappa shape index (κ1) is 21.4. The van der Waals surface area contributed by atoms with E-state index in [1.54, 1.807) is 37.4 Å². The lowest BCUT2D eigenvalue weighted by Gasteiger charge is -2.34. The quantitative estimate of drug-likeness (QED) is 0.705. The van der Waals surface area contributed by atoms with Gasteiger partial charge in [0.2, 0.25) is 0 Å². The molecule has 2 aromatic carbocycles. The minimum Gasteiger partial charge on any atom is -0.493 e. The number of carbonyl (C=O) groups is 1. The molecule has 1 aliphatic rings. The molecular weight excluding hydrogens is 410 g/mol. The Morgan fingerprint density at radius 1 is 1.10 bits per heavy atom. The smallest absolute Gasteiger partial charge is 0.262 e. The number of carbonyl (C=O) groups excluding carboxylic acids is 1. The SMILES string of the molecule is COc1cc(C(=S)N2CCN(C)CC2)ccc1OCC(=O)Nc1ccc(Cl)cc1. The molecule has 1 fully saturated rings. The van der Waals surface area contributed by atoms with Crippen molar-refractivity contribution in [3.63, 3.8) is 0 Å². The van der Waals surface area contributed by atoms with Crippen LogP contribution in [-0.2, 0) is 4.79 Å². The highest BCUT2D eigenvalue weighted by molar-refractivity contribution is 7.80. The van der Waals surface area contributed by atoms with Crippen LogP contribution < -0.4 is 14.8 Å². The lowest BCUT2D eigenvalue weighted by atomic mass is 10.1. The Balaban J connectivity index is 1.60. The molecule has 29 heavy (non-hydrogen) atoms. The summed E-state index contributed by atoms with van der Waals surface area (Å²) in [4.78, 5) is 17.4. The van der Waals surface area contributed by atoms with Gasteiger partial charge in [0.25, 0.3) is 5.91 Å². The van der Waals surface area contributed by atoms with E-state index in [1.165, 1.54) is 0 Å². The average Bonchev–Trinajstić information content (AvgIpc) is 2.74. The molecule has 1 heterocycles. The van der Waals surface area contributed by atoms with Crippen LogP contribution in [0.2, 0.25) is 5.02 Å². The predicted molar refractivity (Wildman–Crippen MR) is 119 cm³/mol. The molecule has 154 valence electrons. The maximum atomic E-state index is 12.1. The van der Waals surface area contributed by atoms with E-state index < -0.39 is 0 Å². The summed E-state index contributed by atoms with van der Waals surface area (Å²) in [6.45, 7) is 3.64. The van der Waals surface area contributed by atoms with E-state index >= 15 is 0 Å². The Labute approximate surface area is 181 Å². The van der Waals surface area contributed by atoms with Crippen molar-refractivity contribution in [3.8, 4) is 11.5 Å². The Morgan fingerprint density at radius 3 is 2.45 bits per heavy atom. The molecule has 0 bridgehead atoms. The monoisotopic (exact) mass is 433 g/mol. The lowest BCUT2D eigenvalue weighted by Crippen LogP contribution is -2.46. The van der Waals surface area contributed by atoms with Crippen LogP contribution in [0.3, 0.4) is 0 Å². The Bertz CT molecular complexity index is 868. The van der Waals surface area contributed by atoms with Gasteiger partial charge in [0.15, 0.2) is 18.1 Å². The standard InChI is InChI=1S/C21H24ClN3O3S/c1-24-9-11-25(12-10-24)21(29)15-3-8-18(19(13-15)27-2)28-14-20(26)23-17-6-4-16(22)5-7-17/h3-8,13H,9-12,14H2,1-2H3,(H,23,26). The van der Waals surface area contributed by atoms with E-state index in [9.17, 15) is 4.79 Å². The van der Waals surface area contributed by atoms with Crippen molar-refractivity contribution in [2.75, 3.05) is 52.3 Å². The van der Waals surface area contributed by atoms with Crippen molar-refractivity contribution in [2.24, 2.45) is 0 Å². The number of anilines is 1. The first-order valence-corrected chi connectivity index (χ1v) is 10.1. The third-order valence-electron chi connectivity index (χ3n) is 4.69. The maximum Gasteiger partial charge on any atom is 0.262 e. The molecule has 1 amide bonds. The molecule has 6 nitrogen and oxygen atoms in total. The molecule has 1 N–H and O–H groups in total. The van der Waals surface area contributed by atoms with Gasteiger partial charge in [0.05, 0.1) is 7.11 Å². The molecule has 1 saturated heterocycles. The minimum atomic E-state index is -0.272. The number of hydrogen-bond donors (Lipinski definition) is 1. The molecule has 1 aliphatic heterocycles. The number of benzene rings is 2. The summed E-state index contributed by atoms with van der Waals surface area (Å²) in [5, 5.41) is 3.37. The summed E-state index contributed by atoms with van der Waals surface area (Å²) >= 11 is 11.5. The van der Waals surface area contributed by atoms with E-state index in [2.05, 4.69) is 22.2 Å². The molecule has 3 rings (SSSR count). The van der Waals surface area contributed by atoms with Crippen LogP contribution in [0.5, 0.6) is 11.5 Å². The minimum absolute atomic E-state index is 0.138. The van der Waals surface area contributed by atoms with Gasteiger partial charge in [0.1, 0.15) is 4.99 Å². The van der Waals surface area contributed by atoms with Crippen molar-refractivity contribution < 1.29 is 14.3 Å². The number of hydrogen-bond acceptors (Lipinski definition) is 5. The van der Waals surface area contributed by atoms with Crippen molar-refractivity contribution in [1.29, 1.82) is 0 Å². The average molecular weight is 434 g/mol. The fraction of sp³-hybridized carbons (Fsp3) is 0.333. The van der Waals surface area contributed by atoms with Gasteiger partial charge >= 0.3 is 0 Å². The lowest BCUT2D eigenvalue weighted by molar-refractivity contribution is -0.118. The van der Waals surface area contributed by atoms with Crippen molar-refractivity contribution >= 4 is 40.4 Å². The number of halogens is 1. The molecule has 0 saturated carbocycles. The van der Waals surface area contributed by atoms with Gasteiger partial charge < -0.3 is 24.6 Å². The molecular formula is C21H24ClN3O3S. The number of piperazine rings is 1. The van der Waals surface area contributed by atoms with Crippen LogP contribution in [0.25, 0.3) is 0 Å². The topological polar surface area (TPSA) is 54.0 Å². The second kappa shape index (κ2) is 9.91. The highest BCUT2D eigenvalue weighted by Gasteiger charge is 2.19. The van der Waals surface area contributed by atoms with Crippen LogP contribution >= 0.6 is 23.8 Å². The summed E-state index contributed by atoms with van der Waals surface area (Å²) in [7, 11) is 3.68. The molecule has 0 aromatic heterocycles. The predicted octanol–water partition coefficient (Wildman–Crippen LogP) is 3.29. The largest absolute Gasteiger partial charge is 0.493 e. The zero-order chi connectivity index (χ0) is 20.8. The normalized spacial score (nSPS) is 14.4. The fourth-order valence-electron chi connectivity index (χ4n) is 2.99. The van der Waals surface area contributed by atoms with Gasteiger partial charge in [-0.05, 0) is 49.5 Å². The molecule has 2 aromatic rings. The zero-order valence-electron chi connectivity index (χ0n) is 16.5. The van der Waals surface area contributed by atoms with Crippen LogP contribution in [-0.4, -0.2) is 67.6 Å². The van der Waals surface area contributed by atoms with Crippen LogP contribution in [0.1, 0.15) is 5.56 Å². The number of ether oxygens (including phenoxy) is 2. The van der Waals surface area contributed by atoms with Gasteiger partial charge in [-0.25, -0.2) is 0 Å². The number of amides is 1. The Kier molecular flexibility index (Phi) is 7.30. The molecule has 0 radical (unpaired) electrons. The van der Waals surface area contributed by atoms with Gasteiger partial charge in [0, 0.05) is 42.5 Å². The van der Waals surface area contributed by atoms with Crippen LogP contribution in [0.15, 0.2) is 42.5 Å².